The standard InChI is InChI=1S/C11H13BrO/c12-6-13-10-4-3-9-7-1-2-8(5-7)11(9)10/h1-4,7-11H,5-6H2/t7?,8?,9?,10-,11?/m1/s1. The van der Waals surface area contributed by atoms with E-state index in [1.165, 1.54) is 6.42 Å². The van der Waals surface area contributed by atoms with Gasteiger partial charge >= 0.3 is 0 Å². The van der Waals surface area contributed by atoms with Gasteiger partial charge in [-0.1, -0.05) is 40.2 Å². The fourth-order valence-corrected chi connectivity index (χ4v) is 3.54. The summed E-state index contributed by atoms with van der Waals surface area (Å²) in [6.45, 7) is 0. The van der Waals surface area contributed by atoms with Crippen LogP contribution in [0.15, 0.2) is 24.3 Å². The van der Waals surface area contributed by atoms with Gasteiger partial charge in [0.25, 0.3) is 0 Å². The monoisotopic (exact) mass is 240 g/mol. The number of ether oxygens (including phenoxy) is 1. The fraction of sp³-hybridized carbons (Fsp3) is 0.636. The van der Waals surface area contributed by atoms with Gasteiger partial charge in [-0.15, -0.1) is 0 Å². The average molecular weight is 241 g/mol. The molecule has 0 saturated heterocycles. The lowest BCUT2D eigenvalue weighted by molar-refractivity contribution is 0.0684. The van der Waals surface area contributed by atoms with Crippen molar-refractivity contribution < 1.29 is 4.74 Å². The van der Waals surface area contributed by atoms with Crippen molar-refractivity contribution in [3.05, 3.63) is 24.3 Å². The van der Waals surface area contributed by atoms with E-state index in [1.807, 2.05) is 0 Å². The second-order valence-corrected chi connectivity index (χ2v) is 4.69. The zero-order valence-corrected chi connectivity index (χ0v) is 8.98. The van der Waals surface area contributed by atoms with Crippen LogP contribution >= 0.6 is 15.9 Å². The Hall–Kier alpha value is -0.0800. The second-order valence-electron chi connectivity index (χ2n) is 4.23. The predicted octanol–water partition coefficient (Wildman–Crippen LogP) is 2.73. The highest BCUT2D eigenvalue weighted by Gasteiger charge is 2.49. The number of allylic oxidation sites excluding steroid dienone is 3. The molecule has 5 atom stereocenters. The Morgan fingerprint density at radius 3 is 2.85 bits per heavy atom. The van der Waals surface area contributed by atoms with E-state index in [-0.39, 0.29) is 0 Å². The molecule has 1 nitrogen and oxygen atoms in total. The Labute approximate surface area is 87.0 Å². The molecule has 0 radical (unpaired) electrons. The van der Waals surface area contributed by atoms with Gasteiger partial charge in [0.2, 0.25) is 0 Å². The third-order valence-corrected chi connectivity index (χ3v) is 4.01. The molecule has 0 N–H and O–H groups in total. The van der Waals surface area contributed by atoms with Gasteiger partial charge in [0.15, 0.2) is 0 Å². The largest absolute Gasteiger partial charge is 0.363 e. The summed E-state index contributed by atoms with van der Waals surface area (Å²) in [7, 11) is 0. The summed E-state index contributed by atoms with van der Waals surface area (Å²) in [6.07, 6.45) is 11.1. The first-order valence-electron chi connectivity index (χ1n) is 4.94. The van der Waals surface area contributed by atoms with Crippen LogP contribution in [0, 0.1) is 23.7 Å². The number of fused-ring (bicyclic) bond motifs is 5. The van der Waals surface area contributed by atoms with Gasteiger partial charge in [0.05, 0.1) is 6.10 Å². The van der Waals surface area contributed by atoms with Crippen LogP contribution in [0.4, 0.5) is 0 Å². The fourth-order valence-electron chi connectivity index (χ4n) is 3.24. The van der Waals surface area contributed by atoms with Crippen LogP contribution < -0.4 is 0 Å². The Bertz CT molecular complexity index is 271. The van der Waals surface area contributed by atoms with Crippen LogP contribution in [0.25, 0.3) is 0 Å². The third-order valence-electron chi connectivity index (χ3n) is 3.74. The van der Waals surface area contributed by atoms with Crippen LogP contribution in [-0.4, -0.2) is 11.6 Å². The van der Waals surface area contributed by atoms with E-state index in [2.05, 4.69) is 40.2 Å². The lowest BCUT2D eigenvalue weighted by Crippen LogP contribution is -2.26. The Morgan fingerprint density at radius 2 is 2.00 bits per heavy atom. The highest BCUT2D eigenvalue weighted by atomic mass is 79.9. The minimum Gasteiger partial charge on any atom is -0.363 e. The number of hydrogen-bond donors (Lipinski definition) is 0. The number of rotatable bonds is 2. The number of alkyl halides is 1. The zero-order valence-electron chi connectivity index (χ0n) is 7.40. The summed E-state index contributed by atoms with van der Waals surface area (Å²) in [5.74, 6) is 3.12. The summed E-state index contributed by atoms with van der Waals surface area (Å²) in [5.41, 5.74) is 0.659. The summed E-state index contributed by atoms with van der Waals surface area (Å²) in [6, 6.07) is 0. The molecular formula is C11H13BrO. The van der Waals surface area contributed by atoms with Gasteiger partial charge in [0, 0.05) is 5.92 Å². The van der Waals surface area contributed by atoms with Gasteiger partial charge in [0.1, 0.15) is 5.52 Å². The van der Waals surface area contributed by atoms with E-state index in [0.29, 0.717) is 11.6 Å². The molecule has 1 fully saturated rings. The molecule has 3 aliphatic rings. The van der Waals surface area contributed by atoms with E-state index in [4.69, 9.17) is 4.74 Å². The molecule has 0 aromatic rings. The predicted molar refractivity (Wildman–Crippen MR) is 55.5 cm³/mol. The molecule has 3 rings (SSSR count). The topological polar surface area (TPSA) is 9.23 Å². The van der Waals surface area contributed by atoms with Crippen molar-refractivity contribution in [3.63, 3.8) is 0 Å². The zero-order chi connectivity index (χ0) is 8.84. The number of hydrogen-bond acceptors (Lipinski definition) is 1. The molecule has 0 aliphatic heterocycles. The van der Waals surface area contributed by atoms with E-state index < -0.39 is 0 Å². The van der Waals surface area contributed by atoms with Gasteiger partial charge in [-0.25, -0.2) is 0 Å². The molecule has 13 heavy (non-hydrogen) atoms. The van der Waals surface area contributed by atoms with E-state index in [9.17, 15) is 0 Å². The smallest absolute Gasteiger partial charge is 0.102 e. The molecule has 0 aromatic heterocycles. The highest BCUT2D eigenvalue weighted by Crippen LogP contribution is 2.53. The maximum atomic E-state index is 5.67. The molecule has 1 saturated carbocycles. The molecular weight excluding hydrogens is 228 g/mol. The van der Waals surface area contributed by atoms with Crippen molar-refractivity contribution in [2.75, 3.05) is 5.52 Å². The van der Waals surface area contributed by atoms with Crippen molar-refractivity contribution in [2.24, 2.45) is 23.7 Å². The van der Waals surface area contributed by atoms with Gasteiger partial charge in [-0.3, -0.25) is 0 Å². The normalized spacial score (nSPS) is 50.4. The maximum Gasteiger partial charge on any atom is 0.102 e. The van der Waals surface area contributed by atoms with Gasteiger partial charge in [-0.05, 0) is 24.2 Å². The lowest BCUT2D eigenvalue weighted by Gasteiger charge is -2.25. The molecule has 0 heterocycles. The van der Waals surface area contributed by atoms with E-state index in [1.54, 1.807) is 0 Å². The number of halogens is 1. The minimum absolute atomic E-state index is 0.365. The van der Waals surface area contributed by atoms with Gasteiger partial charge in [-0.2, -0.15) is 0 Å². The summed E-state index contributed by atoms with van der Waals surface area (Å²) in [4.78, 5) is 0. The highest BCUT2D eigenvalue weighted by molar-refractivity contribution is 9.09. The first-order chi connectivity index (χ1) is 6.40. The molecule has 0 spiro atoms. The van der Waals surface area contributed by atoms with Crippen molar-refractivity contribution >= 4 is 15.9 Å². The third kappa shape index (κ3) is 1.08. The first kappa shape index (κ1) is 8.25. The van der Waals surface area contributed by atoms with Crippen LogP contribution in [0.5, 0.6) is 0 Å². The lowest BCUT2D eigenvalue weighted by atomic mass is 9.84. The average Bonchev–Trinajstić information content (AvgIpc) is 2.74. The molecule has 4 unspecified atom stereocenters. The summed E-state index contributed by atoms with van der Waals surface area (Å²) < 4.78 is 5.67. The van der Waals surface area contributed by atoms with E-state index in [0.717, 1.165) is 23.7 Å². The van der Waals surface area contributed by atoms with E-state index >= 15 is 0 Å². The van der Waals surface area contributed by atoms with Crippen LogP contribution in [0.1, 0.15) is 6.42 Å². The van der Waals surface area contributed by atoms with Crippen molar-refractivity contribution in [3.8, 4) is 0 Å². The molecule has 3 aliphatic carbocycles. The second kappa shape index (κ2) is 2.96. The molecule has 2 heteroatoms. The van der Waals surface area contributed by atoms with Crippen LogP contribution in [-0.2, 0) is 4.74 Å². The van der Waals surface area contributed by atoms with Gasteiger partial charge < -0.3 is 4.74 Å². The summed E-state index contributed by atoms with van der Waals surface area (Å²) in [5, 5.41) is 0. The first-order valence-corrected chi connectivity index (χ1v) is 6.06. The summed E-state index contributed by atoms with van der Waals surface area (Å²) >= 11 is 3.34. The SMILES string of the molecule is BrCO[C@@H]1C=CC2C3C=CC(C3)C21. The quantitative estimate of drug-likeness (QED) is 0.533. The van der Waals surface area contributed by atoms with Crippen molar-refractivity contribution in [1.82, 2.24) is 0 Å². The Morgan fingerprint density at radius 1 is 1.15 bits per heavy atom. The molecule has 70 valence electrons. The molecule has 2 bridgehead atoms. The Kier molecular flexibility index (Phi) is 1.88. The van der Waals surface area contributed by atoms with Crippen LogP contribution in [0.3, 0.4) is 0 Å². The van der Waals surface area contributed by atoms with Crippen molar-refractivity contribution in [2.45, 2.75) is 12.5 Å². The minimum atomic E-state index is 0.365. The maximum absolute atomic E-state index is 5.67. The molecule has 0 aromatic carbocycles. The van der Waals surface area contributed by atoms with Crippen LogP contribution in [0.2, 0.25) is 0 Å². The van der Waals surface area contributed by atoms with Crippen molar-refractivity contribution in [1.29, 1.82) is 0 Å². The molecule has 0 amide bonds. The Balaban J connectivity index is 1.83.